The first kappa shape index (κ1) is 15.9. The number of carbonyl (C=O) groups excluding carboxylic acids is 1. The number of nitrogens with one attached hydrogen (secondary N) is 2. The lowest BCUT2D eigenvalue weighted by molar-refractivity contribution is 0.252. The molecule has 4 nitrogen and oxygen atoms in total. The standard InChI is InChI=1S/C18H22N2O2/c1-13-4-7-15(8-5-13)10-11-19-18(21)20-16-12-14(2)6-9-17(16)22-3/h4-9,12H,10-11H2,1-3H3,(H2,19,20,21). The highest BCUT2D eigenvalue weighted by atomic mass is 16.5. The second-order valence-corrected chi connectivity index (χ2v) is 5.32. The van der Waals surface area contributed by atoms with Crippen LogP contribution >= 0.6 is 0 Å². The molecule has 0 spiro atoms. The van der Waals surface area contributed by atoms with Crippen molar-refractivity contribution in [2.24, 2.45) is 0 Å². The van der Waals surface area contributed by atoms with Crippen LogP contribution in [0.15, 0.2) is 42.5 Å². The summed E-state index contributed by atoms with van der Waals surface area (Å²) >= 11 is 0. The first-order chi connectivity index (χ1) is 10.6. The van der Waals surface area contributed by atoms with Gasteiger partial charge in [-0.3, -0.25) is 0 Å². The van der Waals surface area contributed by atoms with Crippen molar-refractivity contribution >= 4 is 11.7 Å². The number of aryl methyl sites for hydroxylation is 2. The smallest absolute Gasteiger partial charge is 0.319 e. The molecular weight excluding hydrogens is 276 g/mol. The van der Waals surface area contributed by atoms with E-state index in [4.69, 9.17) is 4.74 Å². The average Bonchev–Trinajstić information content (AvgIpc) is 2.49. The van der Waals surface area contributed by atoms with Gasteiger partial charge in [0.05, 0.1) is 12.8 Å². The Kier molecular flexibility index (Phi) is 5.42. The Bertz CT molecular complexity index is 636. The highest BCUT2D eigenvalue weighted by molar-refractivity contribution is 5.91. The van der Waals surface area contributed by atoms with Crippen LogP contribution in [0.3, 0.4) is 0 Å². The maximum absolute atomic E-state index is 12.0. The molecule has 4 heteroatoms. The van der Waals surface area contributed by atoms with Crippen molar-refractivity contribution in [3.63, 3.8) is 0 Å². The summed E-state index contributed by atoms with van der Waals surface area (Å²) in [6.45, 7) is 4.62. The molecule has 2 N–H and O–H groups in total. The van der Waals surface area contributed by atoms with Crippen molar-refractivity contribution in [1.29, 1.82) is 0 Å². The lowest BCUT2D eigenvalue weighted by Gasteiger charge is -2.12. The SMILES string of the molecule is COc1ccc(C)cc1NC(=O)NCCc1ccc(C)cc1. The van der Waals surface area contributed by atoms with Crippen molar-refractivity contribution in [2.45, 2.75) is 20.3 Å². The van der Waals surface area contributed by atoms with Crippen LogP contribution in [0.1, 0.15) is 16.7 Å². The van der Waals surface area contributed by atoms with Crippen molar-refractivity contribution in [1.82, 2.24) is 5.32 Å². The Morgan fingerprint density at radius 3 is 2.41 bits per heavy atom. The molecule has 2 aromatic carbocycles. The summed E-state index contributed by atoms with van der Waals surface area (Å²) in [6, 6.07) is 13.8. The third kappa shape index (κ3) is 4.52. The van der Waals surface area contributed by atoms with Crippen LogP contribution in [0.2, 0.25) is 0 Å². The second kappa shape index (κ2) is 7.50. The molecule has 0 fully saturated rings. The summed E-state index contributed by atoms with van der Waals surface area (Å²) < 4.78 is 5.24. The maximum atomic E-state index is 12.0. The van der Waals surface area contributed by atoms with E-state index in [1.807, 2.05) is 25.1 Å². The van der Waals surface area contributed by atoms with Gasteiger partial charge in [-0.2, -0.15) is 0 Å². The normalized spacial score (nSPS) is 10.1. The summed E-state index contributed by atoms with van der Waals surface area (Å²) in [4.78, 5) is 12.0. The number of hydrogen-bond acceptors (Lipinski definition) is 2. The Balaban J connectivity index is 1.85. The zero-order chi connectivity index (χ0) is 15.9. The van der Waals surface area contributed by atoms with Gasteiger partial charge in [0.25, 0.3) is 0 Å². The van der Waals surface area contributed by atoms with E-state index < -0.39 is 0 Å². The number of ether oxygens (including phenoxy) is 1. The van der Waals surface area contributed by atoms with Crippen molar-refractivity contribution in [2.75, 3.05) is 19.0 Å². The zero-order valence-electron chi connectivity index (χ0n) is 13.3. The molecule has 0 saturated carbocycles. The topological polar surface area (TPSA) is 50.4 Å². The Hall–Kier alpha value is -2.49. The number of methoxy groups -OCH3 is 1. The molecule has 0 radical (unpaired) electrons. The van der Waals surface area contributed by atoms with Crippen LogP contribution in [0, 0.1) is 13.8 Å². The van der Waals surface area contributed by atoms with Crippen LogP contribution in [0.5, 0.6) is 5.75 Å². The number of anilines is 1. The predicted molar refractivity (Wildman–Crippen MR) is 89.6 cm³/mol. The zero-order valence-corrected chi connectivity index (χ0v) is 13.3. The molecule has 116 valence electrons. The molecule has 0 aliphatic heterocycles. The highest BCUT2D eigenvalue weighted by Crippen LogP contribution is 2.24. The number of rotatable bonds is 5. The number of hydrogen-bond donors (Lipinski definition) is 2. The molecule has 2 rings (SSSR count). The molecule has 22 heavy (non-hydrogen) atoms. The second-order valence-electron chi connectivity index (χ2n) is 5.32. The molecule has 0 aliphatic rings. The number of urea groups is 1. The van der Waals surface area contributed by atoms with E-state index in [0.29, 0.717) is 18.0 Å². The number of amides is 2. The van der Waals surface area contributed by atoms with E-state index in [9.17, 15) is 4.79 Å². The third-order valence-electron chi connectivity index (χ3n) is 3.42. The Morgan fingerprint density at radius 1 is 1.05 bits per heavy atom. The lowest BCUT2D eigenvalue weighted by atomic mass is 10.1. The van der Waals surface area contributed by atoms with Gasteiger partial charge in [0, 0.05) is 6.54 Å². The Labute approximate surface area is 131 Å². The van der Waals surface area contributed by atoms with Gasteiger partial charge in [-0.1, -0.05) is 35.9 Å². The highest BCUT2D eigenvalue weighted by Gasteiger charge is 2.07. The minimum atomic E-state index is -0.226. The molecule has 2 aromatic rings. The average molecular weight is 298 g/mol. The molecule has 0 bridgehead atoms. The molecule has 0 atom stereocenters. The van der Waals surface area contributed by atoms with E-state index in [1.165, 1.54) is 11.1 Å². The molecular formula is C18H22N2O2. The summed E-state index contributed by atoms with van der Waals surface area (Å²) in [6.07, 6.45) is 0.804. The van der Waals surface area contributed by atoms with E-state index in [0.717, 1.165) is 12.0 Å². The van der Waals surface area contributed by atoms with E-state index in [-0.39, 0.29) is 6.03 Å². The summed E-state index contributed by atoms with van der Waals surface area (Å²) in [5.74, 6) is 0.652. The van der Waals surface area contributed by atoms with Crippen LogP contribution in [-0.2, 0) is 6.42 Å². The van der Waals surface area contributed by atoms with Crippen LogP contribution in [0.4, 0.5) is 10.5 Å². The fourth-order valence-electron chi connectivity index (χ4n) is 2.16. The Morgan fingerprint density at radius 2 is 1.73 bits per heavy atom. The van der Waals surface area contributed by atoms with Crippen LogP contribution in [0.25, 0.3) is 0 Å². The van der Waals surface area contributed by atoms with E-state index >= 15 is 0 Å². The van der Waals surface area contributed by atoms with Crippen molar-refractivity contribution in [3.8, 4) is 5.75 Å². The minimum absolute atomic E-state index is 0.226. The fourth-order valence-corrected chi connectivity index (χ4v) is 2.16. The summed E-state index contributed by atoms with van der Waals surface area (Å²) in [5.41, 5.74) is 4.19. The van der Waals surface area contributed by atoms with Gasteiger partial charge < -0.3 is 15.4 Å². The number of carbonyl (C=O) groups is 1. The quantitative estimate of drug-likeness (QED) is 0.884. The first-order valence-corrected chi connectivity index (χ1v) is 7.33. The fraction of sp³-hybridized carbons (Fsp3) is 0.278. The van der Waals surface area contributed by atoms with E-state index in [2.05, 4.69) is 41.8 Å². The predicted octanol–water partition coefficient (Wildman–Crippen LogP) is 3.68. The molecule has 0 heterocycles. The van der Waals surface area contributed by atoms with Gasteiger partial charge in [0.1, 0.15) is 5.75 Å². The number of benzene rings is 2. The van der Waals surface area contributed by atoms with Crippen LogP contribution < -0.4 is 15.4 Å². The first-order valence-electron chi connectivity index (χ1n) is 7.33. The van der Waals surface area contributed by atoms with Gasteiger partial charge in [-0.15, -0.1) is 0 Å². The van der Waals surface area contributed by atoms with Crippen LogP contribution in [-0.4, -0.2) is 19.7 Å². The summed E-state index contributed by atoms with van der Waals surface area (Å²) in [7, 11) is 1.59. The van der Waals surface area contributed by atoms with Gasteiger partial charge >= 0.3 is 6.03 Å². The van der Waals surface area contributed by atoms with E-state index in [1.54, 1.807) is 7.11 Å². The van der Waals surface area contributed by atoms with Crippen molar-refractivity contribution in [3.05, 3.63) is 59.2 Å². The molecule has 0 aliphatic carbocycles. The largest absolute Gasteiger partial charge is 0.495 e. The van der Waals surface area contributed by atoms with Crippen molar-refractivity contribution < 1.29 is 9.53 Å². The van der Waals surface area contributed by atoms with Gasteiger partial charge in [0.2, 0.25) is 0 Å². The van der Waals surface area contributed by atoms with Gasteiger partial charge in [-0.05, 0) is 43.5 Å². The molecule has 0 saturated heterocycles. The minimum Gasteiger partial charge on any atom is -0.495 e. The van der Waals surface area contributed by atoms with Gasteiger partial charge in [0.15, 0.2) is 0 Å². The maximum Gasteiger partial charge on any atom is 0.319 e. The third-order valence-corrected chi connectivity index (χ3v) is 3.42. The van der Waals surface area contributed by atoms with Gasteiger partial charge in [-0.25, -0.2) is 4.79 Å². The monoisotopic (exact) mass is 298 g/mol. The summed E-state index contributed by atoms with van der Waals surface area (Å²) in [5, 5.41) is 5.68. The molecule has 0 unspecified atom stereocenters. The molecule has 2 amide bonds. The lowest BCUT2D eigenvalue weighted by Crippen LogP contribution is -2.30. The molecule has 0 aromatic heterocycles.